The minimum Gasteiger partial charge on any atom is -0.314 e. The van der Waals surface area contributed by atoms with Crippen molar-refractivity contribution in [3.63, 3.8) is 0 Å². The lowest BCUT2D eigenvalue weighted by molar-refractivity contribution is -0.137. The highest BCUT2D eigenvalue weighted by atomic mass is 19.4. The third-order valence-electron chi connectivity index (χ3n) is 3.68. The van der Waals surface area contributed by atoms with Gasteiger partial charge in [0.2, 0.25) is 0 Å². The summed E-state index contributed by atoms with van der Waals surface area (Å²) in [5.41, 5.74) is 1.12. The van der Waals surface area contributed by atoms with E-state index in [1.54, 1.807) is 13.0 Å². The zero-order valence-electron chi connectivity index (χ0n) is 11.2. The number of hydrogen-bond acceptors (Lipinski definition) is 2. The molecule has 106 valence electrons. The van der Waals surface area contributed by atoms with Gasteiger partial charge in [0.25, 0.3) is 0 Å². The van der Waals surface area contributed by atoms with Gasteiger partial charge >= 0.3 is 6.18 Å². The van der Waals surface area contributed by atoms with Crippen molar-refractivity contribution in [3.8, 4) is 0 Å². The normalized spacial score (nSPS) is 21.6. The number of halogens is 3. The van der Waals surface area contributed by atoms with E-state index in [4.69, 9.17) is 0 Å². The van der Waals surface area contributed by atoms with Crippen LogP contribution in [-0.2, 0) is 12.7 Å². The first-order chi connectivity index (χ1) is 8.88. The number of piperazine rings is 1. The van der Waals surface area contributed by atoms with Gasteiger partial charge in [0.05, 0.1) is 5.56 Å². The summed E-state index contributed by atoms with van der Waals surface area (Å²) < 4.78 is 37.8. The molecule has 2 rings (SSSR count). The smallest absolute Gasteiger partial charge is 0.314 e. The van der Waals surface area contributed by atoms with Crippen molar-refractivity contribution in [2.75, 3.05) is 19.6 Å². The molecular formula is C14H19F3N2. The molecule has 1 unspecified atom stereocenters. The quantitative estimate of drug-likeness (QED) is 0.890. The second-order valence-corrected chi connectivity index (χ2v) is 5.16. The Kier molecular flexibility index (Phi) is 4.16. The van der Waals surface area contributed by atoms with Crippen molar-refractivity contribution in [2.45, 2.75) is 32.6 Å². The van der Waals surface area contributed by atoms with Gasteiger partial charge in [-0.25, -0.2) is 0 Å². The topological polar surface area (TPSA) is 15.3 Å². The summed E-state index contributed by atoms with van der Waals surface area (Å²) in [5, 5.41) is 3.30. The molecule has 1 aliphatic rings. The van der Waals surface area contributed by atoms with E-state index < -0.39 is 11.7 Å². The lowest BCUT2D eigenvalue weighted by atomic mass is 10.0. The third kappa shape index (κ3) is 3.48. The molecule has 19 heavy (non-hydrogen) atoms. The zero-order valence-corrected chi connectivity index (χ0v) is 11.2. The van der Waals surface area contributed by atoms with Crippen molar-refractivity contribution in [2.24, 2.45) is 0 Å². The van der Waals surface area contributed by atoms with E-state index in [1.165, 1.54) is 12.1 Å². The molecule has 1 aromatic rings. The number of aryl methyl sites for hydroxylation is 1. The largest absolute Gasteiger partial charge is 0.416 e. The van der Waals surface area contributed by atoms with Crippen LogP contribution in [0.5, 0.6) is 0 Å². The second-order valence-electron chi connectivity index (χ2n) is 5.16. The Hall–Kier alpha value is -1.07. The molecule has 1 fully saturated rings. The lowest BCUT2D eigenvalue weighted by Gasteiger charge is -2.34. The molecule has 1 aromatic carbocycles. The summed E-state index contributed by atoms with van der Waals surface area (Å²) in [6.07, 6.45) is -4.26. The molecule has 0 radical (unpaired) electrons. The summed E-state index contributed by atoms with van der Waals surface area (Å²) >= 11 is 0. The zero-order chi connectivity index (χ0) is 14.0. The van der Waals surface area contributed by atoms with Crippen LogP contribution >= 0.6 is 0 Å². The van der Waals surface area contributed by atoms with Crippen LogP contribution in [0.3, 0.4) is 0 Å². The summed E-state index contributed by atoms with van der Waals surface area (Å²) in [6.45, 7) is 7.39. The Morgan fingerprint density at radius 3 is 2.68 bits per heavy atom. The van der Waals surface area contributed by atoms with E-state index in [0.29, 0.717) is 18.2 Å². The van der Waals surface area contributed by atoms with Gasteiger partial charge < -0.3 is 5.32 Å². The highest BCUT2D eigenvalue weighted by molar-refractivity contribution is 5.32. The first-order valence-corrected chi connectivity index (χ1v) is 6.49. The van der Waals surface area contributed by atoms with Gasteiger partial charge in [0, 0.05) is 32.2 Å². The molecule has 1 saturated heterocycles. The minimum absolute atomic E-state index is 0.412. The predicted octanol–water partition coefficient (Wildman–Crippen LogP) is 2.81. The molecular weight excluding hydrogens is 253 g/mol. The third-order valence-corrected chi connectivity index (χ3v) is 3.68. The maximum Gasteiger partial charge on any atom is 0.416 e. The van der Waals surface area contributed by atoms with Gasteiger partial charge in [0.1, 0.15) is 0 Å². The van der Waals surface area contributed by atoms with Crippen molar-refractivity contribution in [1.82, 2.24) is 10.2 Å². The first kappa shape index (κ1) is 14.3. The molecule has 1 N–H and O–H groups in total. The van der Waals surface area contributed by atoms with Crippen LogP contribution in [0.25, 0.3) is 0 Å². The molecule has 5 heteroatoms. The van der Waals surface area contributed by atoms with Gasteiger partial charge in [-0.15, -0.1) is 0 Å². The standard InChI is InChI=1S/C14H19F3N2/c1-10-7-13(14(15,16)17)4-3-12(10)9-19-6-5-18-8-11(19)2/h3-4,7,11,18H,5-6,8-9H2,1-2H3. The second kappa shape index (κ2) is 5.51. The minimum atomic E-state index is -4.26. The average Bonchev–Trinajstić information content (AvgIpc) is 2.33. The predicted molar refractivity (Wildman–Crippen MR) is 68.9 cm³/mol. The van der Waals surface area contributed by atoms with Crippen molar-refractivity contribution in [3.05, 3.63) is 34.9 Å². The highest BCUT2D eigenvalue weighted by Crippen LogP contribution is 2.30. The molecule has 0 aliphatic carbocycles. The van der Waals surface area contributed by atoms with Crippen LogP contribution in [0.4, 0.5) is 13.2 Å². The van der Waals surface area contributed by atoms with Gasteiger partial charge in [-0.3, -0.25) is 4.90 Å². The van der Waals surface area contributed by atoms with Crippen LogP contribution in [0.2, 0.25) is 0 Å². The fourth-order valence-electron chi connectivity index (χ4n) is 2.39. The van der Waals surface area contributed by atoms with E-state index in [2.05, 4.69) is 17.1 Å². The maximum absolute atomic E-state index is 12.6. The SMILES string of the molecule is Cc1cc(C(F)(F)F)ccc1CN1CCNCC1C. The van der Waals surface area contributed by atoms with E-state index in [1.807, 2.05) is 0 Å². The molecule has 0 spiro atoms. The number of alkyl halides is 3. The summed E-state index contributed by atoms with van der Waals surface area (Å²) in [7, 11) is 0. The highest BCUT2D eigenvalue weighted by Gasteiger charge is 2.30. The molecule has 1 aliphatic heterocycles. The summed E-state index contributed by atoms with van der Waals surface area (Å²) in [4.78, 5) is 2.30. The van der Waals surface area contributed by atoms with Crippen molar-refractivity contribution < 1.29 is 13.2 Å². The Morgan fingerprint density at radius 2 is 2.11 bits per heavy atom. The van der Waals surface area contributed by atoms with Crippen LogP contribution in [0.15, 0.2) is 18.2 Å². The van der Waals surface area contributed by atoms with E-state index in [0.717, 1.165) is 25.2 Å². The van der Waals surface area contributed by atoms with E-state index in [9.17, 15) is 13.2 Å². The molecule has 0 bridgehead atoms. The number of nitrogens with zero attached hydrogens (tertiary/aromatic N) is 1. The number of hydrogen-bond donors (Lipinski definition) is 1. The molecule has 0 saturated carbocycles. The lowest BCUT2D eigenvalue weighted by Crippen LogP contribution is -2.49. The first-order valence-electron chi connectivity index (χ1n) is 6.49. The van der Waals surface area contributed by atoms with Crippen LogP contribution in [0, 0.1) is 6.92 Å². The fraction of sp³-hybridized carbons (Fsp3) is 0.571. The Labute approximate surface area is 111 Å². The van der Waals surface area contributed by atoms with Crippen LogP contribution in [0.1, 0.15) is 23.6 Å². The van der Waals surface area contributed by atoms with E-state index in [-0.39, 0.29) is 0 Å². The van der Waals surface area contributed by atoms with Crippen LogP contribution in [-0.4, -0.2) is 30.6 Å². The van der Waals surface area contributed by atoms with Crippen LogP contribution < -0.4 is 5.32 Å². The maximum atomic E-state index is 12.6. The summed E-state index contributed by atoms with van der Waals surface area (Å²) in [5.74, 6) is 0. The monoisotopic (exact) mass is 272 g/mol. The molecule has 1 heterocycles. The average molecular weight is 272 g/mol. The van der Waals surface area contributed by atoms with Gasteiger partial charge in [0.15, 0.2) is 0 Å². The number of nitrogens with one attached hydrogen (secondary N) is 1. The molecule has 2 nitrogen and oxygen atoms in total. The van der Waals surface area contributed by atoms with Crippen molar-refractivity contribution >= 4 is 0 Å². The van der Waals surface area contributed by atoms with E-state index >= 15 is 0 Å². The van der Waals surface area contributed by atoms with Gasteiger partial charge in [-0.2, -0.15) is 13.2 Å². The number of rotatable bonds is 2. The van der Waals surface area contributed by atoms with Gasteiger partial charge in [-0.1, -0.05) is 6.07 Å². The number of benzene rings is 1. The molecule has 0 aromatic heterocycles. The molecule has 1 atom stereocenters. The Morgan fingerprint density at radius 1 is 1.37 bits per heavy atom. The molecule has 0 amide bonds. The Bertz CT molecular complexity index is 443. The van der Waals surface area contributed by atoms with Gasteiger partial charge in [-0.05, 0) is 37.1 Å². The fourth-order valence-corrected chi connectivity index (χ4v) is 2.39. The van der Waals surface area contributed by atoms with Crippen molar-refractivity contribution in [1.29, 1.82) is 0 Å². The Balaban J connectivity index is 2.13. The summed E-state index contributed by atoms with van der Waals surface area (Å²) in [6, 6.07) is 4.43.